The molecule has 1 fully saturated rings. The number of carbonyl (C=O) groups excluding carboxylic acids is 2. The predicted molar refractivity (Wildman–Crippen MR) is 141 cm³/mol. The van der Waals surface area contributed by atoms with Crippen LogP contribution in [0.25, 0.3) is 5.76 Å². The van der Waals surface area contributed by atoms with Crippen molar-refractivity contribution in [3.8, 4) is 17.2 Å². The summed E-state index contributed by atoms with van der Waals surface area (Å²) in [5.41, 5.74) is 0.965. The molecule has 0 bridgehead atoms. The summed E-state index contributed by atoms with van der Waals surface area (Å²) in [5.74, 6) is -0.914. The van der Waals surface area contributed by atoms with Gasteiger partial charge >= 0.3 is 0 Å². The van der Waals surface area contributed by atoms with Crippen molar-refractivity contribution in [2.24, 2.45) is 0 Å². The highest BCUT2D eigenvalue weighted by molar-refractivity contribution is 6.46. The van der Waals surface area contributed by atoms with E-state index in [-0.39, 0.29) is 34.2 Å². The van der Waals surface area contributed by atoms with Crippen molar-refractivity contribution in [2.75, 3.05) is 7.11 Å². The lowest BCUT2D eigenvalue weighted by atomic mass is 9.95. The Morgan fingerprint density at radius 1 is 1.00 bits per heavy atom. The summed E-state index contributed by atoms with van der Waals surface area (Å²) >= 11 is 6.26. The minimum absolute atomic E-state index is 0.0339. The summed E-state index contributed by atoms with van der Waals surface area (Å²) in [4.78, 5) is 28.1. The first kappa shape index (κ1) is 26.1. The molecule has 1 atom stereocenters. The molecule has 0 spiro atoms. The third-order valence-electron chi connectivity index (χ3n) is 5.90. The summed E-state index contributed by atoms with van der Waals surface area (Å²) in [5, 5.41) is 21.4. The molecule has 1 amide bonds. The van der Waals surface area contributed by atoms with Gasteiger partial charge in [0.1, 0.15) is 28.6 Å². The van der Waals surface area contributed by atoms with Crippen LogP contribution < -0.4 is 9.47 Å². The van der Waals surface area contributed by atoms with Crippen LogP contribution in [-0.2, 0) is 16.1 Å². The molecule has 1 aliphatic rings. The molecule has 3 aromatic carbocycles. The van der Waals surface area contributed by atoms with E-state index in [4.69, 9.17) is 21.1 Å². The number of ketones is 1. The minimum Gasteiger partial charge on any atom is -0.508 e. The summed E-state index contributed by atoms with van der Waals surface area (Å²) in [6.07, 6.45) is 0. The Kier molecular flexibility index (Phi) is 7.18. The van der Waals surface area contributed by atoms with Gasteiger partial charge in [-0.2, -0.15) is 0 Å². The molecule has 1 heterocycles. The van der Waals surface area contributed by atoms with Gasteiger partial charge in [0, 0.05) is 11.1 Å². The second-order valence-corrected chi connectivity index (χ2v) is 10.1. The smallest absolute Gasteiger partial charge is 0.295 e. The molecule has 0 aliphatic carbocycles. The fourth-order valence-electron chi connectivity index (χ4n) is 4.26. The first-order chi connectivity index (χ1) is 17.5. The molecule has 37 heavy (non-hydrogen) atoms. The van der Waals surface area contributed by atoms with Crippen LogP contribution in [-0.4, -0.2) is 39.5 Å². The highest BCUT2D eigenvalue weighted by atomic mass is 35.5. The molecule has 4 rings (SSSR count). The number of carbonyl (C=O) groups is 2. The molecule has 0 saturated carbocycles. The Morgan fingerprint density at radius 2 is 1.68 bits per heavy atom. The van der Waals surface area contributed by atoms with Gasteiger partial charge in [-0.25, -0.2) is 0 Å². The largest absolute Gasteiger partial charge is 0.508 e. The predicted octanol–water partition coefficient (Wildman–Crippen LogP) is 5.85. The number of aliphatic hydroxyl groups excluding tert-OH is 1. The maximum Gasteiger partial charge on any atom is 0.295 e. The average molecular weight is 522 g/mol. The molecule has 8 heteroatoms. The number of phenolic OH excluding ortho intramolecular Hbond substituents is 1. The van der Waals surface area contributed by atoms with Crippen LogP contribution >= 0.6 is 11.6 Å². The topological polar surface area (TPSA) is 96.3 Å². The highest BCUT2D eigenvalue weighted by Gasteiger charge is 2.46. The normalized spacial score (nSPS) is 17.2. The van der Waals surface area contributed by atoms with Crippen LogP contribution in [0.2, 0.25) is 5.02 Å². The van der Waals surface area contributed by atoms with Crippen LogP contribution in [0, 0.1) is 0 Å². The standard InChI is InChI=1S/C29H28ClNO6/c1-29(2,3)37-22-8-6-5-7-19(22)16-31-25(17-9-12-20(32)13-10-17)24(27(34)28(31)35)26(33)18-11-14-23(36-4)21(30)15-18/h5-15,25,32-33H,16H2,1-4H3/b26-24-. The molecular formula is C29H28ClNO6. The quantitative estimate of drug-likeness (QED) is 0.240. The molecule has 1 unspecified atom stereocenters. The SMILES string of the molecule is COc1ccc(/C(O)=C2/C(=O)C(=O)N(Cc3ccccc3OC(C)(C)C)C2c2ccc(O)cc2)cc1Cl. The minimum atomic E-state index is -0.913. The molecule has 7 nitrogen and oxygen atoms in total. The number of benzene rings is 3. The number of ether oxygens (including phenoxy) is 2. The maximum absolute atomic E-state index is 13.4. The van der Waals surface area contributed by atoms with Crippen molar-refractivity contribution in [1.29, 1.82) is 0 Å². The number of likely N-dealkylation sites (tertiary alicyclic amines) is 1. The van der Waals surface area contributed by atoms with Gasteiger partial charge in [-0.3, -0.25) is 9.59 Å². The lowest BCUT2D eigenvalue weighted by Gasteiger charge is -2.28. The maximum atomic E-state index is 13.4. The second kappa shape index (κ2) is 10.2. The van der Waals surface area contributed by atoms with Crippen LogP contribution in [0.1, 0.15) is 43.5 Å². The fraction of sp³-hybridized carbons (Fsp3) is 0.241. The van der Waals surface area contributed by atoms with Crippen LogP contribution in [0.3, 0.4) is 0 Å². The molecule has 2 N–H and O–H groups in total. The number of aliphatic hydroxyl groups is 1. The van der Waals surface area contributed by atoms with Crippen molar-refractivity contribution in [2.45, 2.75) is 39.0 Å². The van der Waals surface area contributed by atoms with Crippen molar-refractivity contribution in [3.63, 3.8) is 0 Å². The van der Waals surface area contributed by atoms with E-state index in [9.17, 15) is 19.8 Å². The zero-order chi connectivity index (χ0) is 26.9. The monoisotopic (exact) mass is 521 g/mol. The van der Waals surface area contributed by atoms with Gasteiger partial charge in [-0.05, 0) is 62.7 Å². The fourth-order valence-corrected chi connectivity index (χ4v) is 4.52. The van der Waals surface area contributed by atoms with E-state index in [0.717, 1.165) is 0 Å². The third kappa shape index (κ3) is 5.42. The van der Waals surface area contributed by atoms with Gasteiger partial charge < -0.3 is 24.6 Å². The Bertz CT molecular complexity index is 1370. The van der Waals surface area contributed by atoms with E-state index in [0.29, 0.717) is 22.6 Å². The van der Waals surface area contributed by atoms with Crippen LogP contribution in [0.15, 0.2) is 72.3 Å². The number of phenols is 1. The zero-order valence-corrected chi connectivity index (χ0v) is 21.7. The number of amides is 1. The number of hydrogen-bond acceptors (Lipinski definition) is 6. The lowest BCUT2D eigenvalue weighted by molar-refractivity contribution is -0.140. The Balaban J connectivity index is 1.85. The Morgan fingerprint density at radius 3 is 2.30 bits per heavy atom. The number of hydrogen-bond donors (Lipinski definition) is 2. The number of Topliss-reactive ketones (excluding diaryl/α,β-unsaturated/α-hetero) is 1. The molecule has 1 aliphatic heterocycles. The van der Waals surface area contributed by atoms with E-state index in [1.807, 2.05) is 45.0 Å². The van der Waals surface area contributed by atoms with Gasteiger partial charge in [-0.1, -0.05) is 41.9 Å². The number of halogens is 1. The van der Waals surface area contributed by atoms with Crippen molar-refractivity contribution in [1.82, 2.24) is 4.90 Å². The Hall–Kier alpha value is -3.97. The summed E-state index contributed by atoms with van der Waals surface area (Å²) in [6.45, 7) is 5.83. The summed E-state index contributed by atoms with van der Waals surface area (Å²) in [6, 6.07) is 17.2. The number of methoxy groups -OCH3 is 1. The Labute approximate surface area is 220 Å². The summed E-state index contributed by atoms with van der Waals surface area (Å²) in [7, 11) is 1.47. The van der Waals surface area contributed by atoms with E-state index in [2.05, 4.69) is 0 Å². The van der Waals surface area contributed by atoms with Crippen molar-refractivity contribution in [3.05, 3.63) is 94.0 Å². The number of para-hydroxylation sites is 1. The highest BCUT2D eigenvalue weighted by Crippen LogP contribution is 2.42. The zero-order valence-electron chi connectivity index (χ0n) is 21.0. The van der Waals surface area contributed by atoms with Gasteiger partial charge in [0.25, 0.3) is 11.7 Å². The van der Waals surface area contributed by atoms with Crippen molar-refractivity contribution >= 4 is 29.1 Å². The molecule has 1 saturated heterocycles. The molecule has 3 aromatic rings. The average Bonchev–Trinajstić information content (AvgIpc) is 3.09. The second-order valence-electron chi connectivity index (χ2n) is 9.69. The molecule has 0 aromatic heterocycles. The number of nitrogens with zero attached hydrogens (tertiary/aromatic N) is 1. The van der Waals surface area contributed by atoms with E-state index in [1.165, 1.54) is 30.2 Å². The summed E-state index contributed by atoms with van der Waals surface area (Å²) < 4.78 is 11.3. The first-order valence-electron chi connectivity index (χ1n) is 11.7. The van der Waals surface area contributed by atoms with Gasteiger partial charge in [0.05, 0.1) is 30.3 Å². The number of rotatable bonds is 6. The molecular weight excluding hydrogens is 494 g/mol. The van der Waals surface area contributed by atoms with Gasteiger partial charge in [0.15, 0.2) is 0 Å². The van der Waals surface area contributed by atoms with Crippen LogP contribution in [0.4, 0.5) is 0 Å². The van der Waals surface area contributed by atoms with Gasteiger partial charge in [0.2, 0.25) is 0 Å². The van der Waals surface area contributed by atoms with E-state index < -0.39 is 23.3 Å². The molecule has 192 valence electrons. The number of aromatic hydroxyl groups is 1. The van der Waals surface area contributed by atoms with Gasteiger partial charge in [-0.15, -0.1) is 0 Å². The van der Waals surface area contributed by atoms with E-state index in [1.54, 1.807) is 24.3 Å². The lowest BCUT2D eigenvalue weighted by Crippen LogP contribution is -2.30. The van der Waals surface area contributed by atoms with E-state index >= 15 is 0 Å². The first-order valence-corrected chi connectivity index (χ1v) is 12.1. The van der Waals surface area contributed by atoms with Crippen molar-refractivity contribution < 1.29 is 29.3 Å². The third-order valence-corrected chi connectivity index (χ3v) is 6.20. The molecule has 0 radical (unpaired) electrons. The van der Waals surface area contributed by atoms with Crippen LogP contribution in [0.5, 0.6) is 17.2 Å².